The van der Waals surface area contributed by atoms with Gasteiger partial charge in [0.1, 0.15) is 0 Å². The highest BCUT2D eigenvalue weighted by Crippen LogP contribution is 2.29. The molecule has 86 valence electrons. The highest BCUT2D eigenvalue weighted by atomic mass is 79.9. The molecule has 1 heterocycles. The fraction of sp³-hybridized carbons (Fsp3) is 0.0909. The third-order valence-corrected chi connectivity index (χ3v) is 4.99. The van der Waals surface area contributed by atoms with Gasteiger partial charge in [0.2, 0.25) is 0 Å². The number of nitrogens with two attached hydrogens (primary N) is 1. The minimum absolute atomic E-state index is 0. The van der Waals surface area contributed by atoms with E-state index < -0.39 is 0 Å². The highest BCUT2D eigenvalue weighted by Gasteiger charge is 2.10. The van der Waals surface area contributed by atoms with Crippen molar-refractivity contribution in [3.63, 3.8) is 0 Å². The molecule has 0 amide bonds. The van der Waals surface area contributed by atoms with Crippen molar-refractivity contribution in [1.29, 1.82) is 0 Å². The lowest BCUT2D eigenvalue weighted by Crippen LogP contribution is -2.09. The van der Waals surface area contributed by atoms with Gasteiger partial charge in [-0.05, 0) is 61.0 Å². The second kappa shape index (κ2) is 6.17. The van der Waals surface area contributed by atoms with Gasteiger partial charge in [0.15, 0.2) is 0 Å². The second-order valence-electron chi connectivity index (χ2n) is 3.17. The molecule has 16 heavy (non-hydrogen) atoms. The molecule has 1 aromatic heterocycles. The van der Waals surface area contributed by atoms with Crippen LogP contribution in [0.1, 0.15) is 16.5 Å². The quantitative estimate of drug-likeness (QED) is 0.796. The molecule has 0 saturated heterocycles. The molecule has 2 aromatic rings. The van der Waals surface area contributed by atoms with Crippen LogP contribution in [0, 0.1) is 0 Å². The summed E-state index contributed by atoms with van der Waals surface area (Å²) in [6, 6.07) is 10.1. The Labute approximate surface area is 122 Å². The molecule has 5 heteroatoms. The molecule has 0 spiro atoms. The van der Waals surface area contributed by atoms with Crippen LogP contribution in [0.4, 0.5) is 0 Å². The van der Waals surface area contributed by atoms with Crippen molar-refractivity contribution in [1.82, 2.24) is 0 Å². The molecule has 0 aliphatic rings. The Balaban J connectivity index is 0.00000128. The molecule has 1 aromatic carbocycles. The minimum atomic E-state index is -0.0330. The Morgan fingerprint density at radius 1 is 1.12 bits per heavy atom. The molecule has 2 N–H and O–H groups in total. The van der Waals surface area contributed by atoms with Crippen LogP contribution in [0.2, 0.25) is 0 Å². The van der Waals surface area contributed by atoms with Crippen LogP contribution in [0.3, 0.4) is 0 Å². The monoisotopic (exact) mass is 381 g/mol. The molecule has 1 atom stereocenters. The zero-order chi connectivity index (χ0) is 10.8. The molecule has 0 unspecified atom stereocenters. The van der Waals surface area contributed by atoms with E-state index >= 15 is 0 Å². The van der Waals surface area contributed by atoms with Gasteiger partial charge in [-0.2, -0.15) is 0 Å². The molecule has 0 aliphatic heterocycles. The zero-order valence-corrected chi connectivity index (χ0v) is 13.0. The zero-order valence-electron chi connectivity index (χ0n) is 8.19. The normalized spacial score (nSPS) is 11.9. The number of rotatable bonds is 2. The first-order chi connectivity index (χ1) is 7.18. The van der Waals surface area contributed by atoms with Crippen molar-refractivity contribution >= 4 is 55.6 Å². The van der Waals surface area contributed by atoms with Crippen molar-refractivity contribution < 1.29 is 0 Å². The van der Waals surface area contributed by atoms with E-state index in [-0.39, 0.29) is 18.4 Å². The van der Waals surface area contributed by atoms with Crippen molar-refractivity contribution in [2.45, 2.75) is 6.04 Å². The predicted molar refractivity (Wildman–Crippen MR) is 79.4 cm³/mol. The summed E-state index contributed by atoms with van der Waals surface area (Å²) in [7, 11) is 0. The lowest BCUT2D eigenvalue weighted by atomic mass is 10.1. The Morgan fingerprint density at radius 3 is 2.44 bits per heavy atom. The SMILES string of the molecule is Cl.N[C@@H](c1ccc(Br)c(Br)c1)c1cccs1. The Kier molecular flexibility index (Phi) is 5.47. The van der Waals surface area contributed by atoms with Gasteiger partial charge < -0.3 is 5.73 Å². The summed E-state index contributed by atoms with van der Waals surface area (Å²) in [6.45, 7) is 0. The number of hydrogen-bond donors (Lipinski definition) is 1. The number of thiophene rings is 1. The molecule has 0 saturated carbocycles. The minimum Gasteiger partial charge on any atom is -0.320 e. The van der Waals surface area contributed by atoms with Crippen molar-refractivity contribution in [2.75, 3.05) is 0 Å². The molecular weight excluding hydrogens is 373 g/mol. The Bertz CT molecular complexity index is 459. The molecule has 0 aliphatic carbocycles. The van der Waals surface area contributed by atoms with E-state index in [2.05, 4.69) is 44.0 Å². The molecule has 1 nitrogen and oxygen atoms in total. The summed E-state index contributed by atoms with van der Waals surface area (Å²) in [6.07, 6.45) is 0. The molecule has 0 radical (unpaired) electrons. The second-order valence-corrected chi connectivity index (χ2v) is 5.85. The van der Waals surface area contributed by atoms with Gasteiger partial charge in [-0.15, -0.1) is 23.7 Å². The van der Waals surface area contributed by atoms with Crippen LogP contribution >= 0.6 is 55.6 Å². The fourth-order valence-electron chi connectivity index (χ4n) is 1.34. The first-order valence-electron chi connectivity index (χ1n) is 4.42. The number of halogens is 3. The first kappa shape index (κ1) is 14.2. The molecular formula is C11H10Br2ClNS. The summed E-state index contributed by atoms with van der Waals surface area (Å²) in [5, 5.41) is 2.04. The van der Waals surface area contributed by atoms with E-state index in [0.717, 1.165) is 14.5 Å². The van der Waals surface area contributed by atoms with Crippen LogP contribution < -0.4 is 5.73 Å². The third kappa shape index (κ3) is 3.08. The predicted octanol–water partition coefficient (Wildman–Crippen LogP) is 4.74. The summed E-state index contributed by atoms with van der Waals surface area (Å²) in [5.41, 5.74) is 7.27. The van der Waals surface area contributed by atoms with Gasteiger partial charge in [-0.1, -0.05) is 12.1 Å². The highest BCUT2D eigenvalue weighted by molar-refractivity contribution is 9.13. The Morgan fingerprint density at radius 2 is 1.88 bits per heavy atom. The smallest absolute Gasteiger partial charge is 0.0646 e. The van der Waals surface area contributed by atoms with Gasteiger partial charge in [0, 0.05) is 13.8 Å². The number of benzene rings is 1. The topological polar surface area (TPSA) is 26.0 Å². The van der Waals surface area contributed by atoms with Crippen molar-refractivity contribution in [3.05, 3.63) is 55.1 Å². The van der Waals surface area contributed by atoms with Crippen LogP contribution in [-0.2, 0) is 0 Å². The van der Waals surface area contributed by atoms with Crippen LogP contribution in [0.15, 0.2) is 44.7 Å². The summed E-state index contributed by atoms with van der Waals surface area (Å²) >= 11 is 8.60. The standard InChI is InChI=1S/C11H9Br2NS.ClH/c12-8-4-3-7(6-9(8)13)11(14)10-2-1-5-15-10;/h1-6,11H,14H2;1H/t11-;/m0./s1. The number of hydrogen-bond acceptors (Lipinski definition) is 2. The average Bonchev–Trinajstić information content (AvgIpc) is 2.74. The van der Waals surface area contributed by atoms with Gasteiger partial charge in [0.05, 0.1) is 6.04 Å². The van der Waals surface area contributed by atoms with Crippen molar-refractivity contribution in [2.24, 2.45) is 5.73 Å². The summed E-state index contributed by atoms with van der Waals surface area (Å²) < 4.78 is 2.08. The molecule has 0 fully saturated rings. The lowest BCUT2D eigenvalue weighted by Gasteiger charge is -2.10. The maximum absolute atomic E-state index is 6.15. The van der Waals surface area contributed by atoms with Crippen molar-refractivity contribution in [3.8, 4) is 0 Å². The summed E-state index contributed by atoms with van der Waals surface area (Å²) in [5.74, 6) is 0. The van der Waals surface area contributed by atoms with Gasteiger partial charge in [0.25, 0.3) is 0 Å². The van der Waals surface area contributed by atoms with Crippen LogP contribution in [-0.4, -0.2) is 0 Å². The third-order valence-electron chi connectivity index (χ3n) is 2.15. The van der Waals surface area contributed by atoms with E-state index in [4.69, 9.17) is 5.73 Å². The molecule has 0 bridgehead atoms. The summed E-state index contributed by atoms with van der Waals surface area (Å²) in [4.78, 5) is 1.18. The van der Waals surface area contributed by atoms with Crippen LogP contribution in [0.5, 0.6) is 0 Å². The van der Waals surface area contributed by atoms with Gasteiger partial charge in [-0.3, -0.25) is 0 Å². The van der Waals surface area contributed by atoms with E-state index in [9.17, 15) is 0 Å². The average molecular weight is 384 g/mol. The fourth-order valence-corrected chi connectivity index (χ4v) is 2.74. The first-order valence-corrected chi connectivity index (χ1v) is 6.89. The maximum atomic E-state index is 6.15. The Hall–Kier alpha value is 0.130. The van der Waals surface area contributed by atoms with E-state index in [1.54, 1.807) is 11.3 Å². The van der Waals surface area contributed by atoms with E-state index in [1.165, 1.54) is 4.88 Å². The van der Waals surface area contributed by atoms with E-state index in [1.807, 2.05) is 23.6 Å². The lowest BCUT2D eigenvalue weighted by molar-refractivity contribution is 0.892. The largest absolute Gasteiger partial charge is 0.320 e. The van der Waals surface area contributed by atoms with Crippen LogP contribution in [0.25, 0.3) is 0 Å². The molecule has 2 rings (SSSR count). The maximum Gasteiger partial charge on any atom is 0.0646 e. The van der Waals surface area contributed by atoms with E-state index in [0.29, 0.717) is 0 Å². The van der Waals surface area contributed by atoms with Gasteiger partial charge >= 0.3 is 0 Å². The van der Waals surface area contributed by atoms with Gasteiger partial charge in [-0.25, -0.2) is 0 Å².